The van der Waals surface area contributed by atoms with Crippen LogP contribution in [0, 0.1) is 0 Å². The minimum atomic E-state index is -0.222. The van der Waals surface area contributed by atoms with E-state index in [1.54, 1.807) is 0 Å². The summed E-state index contributed by atoms with van der Waals surface area (Å²) in [5.74, 6) is 0. The molecule has 0 saturated heterocycles. The average Bonchev–Trinajstić information content (AvgIpc) is 3.80. The fourth-order valence-electron chi connectivity index (χ4n) is 12.9. The summed E-state index contributed by atoms with van der Waals surface area (Å²) in [4.78, 5) is 0. The number of hydrogen-bond acceptors (Lipinski definition) is 0. The summed E-state index contributed by atoms with van der Waals surface area (Å²) < 4.78 is 2.53. The predicted octanol–water partition coefficient (Wildman–Crippen LogP) is 20.0. The summed E-state index contributed by atoms with van der Waals surface area (Å²) in [7, 11) is 0. The minimum Gasteiger partial charge on any atom is -0.309 e. The van der Waals surface area contributed by atoms with Gasteiger partial charge in [-0.05, 0) is 151 Å². The Morgan fingerprint density at radius 2 is 0.581 bits per heavy atom. The molecule has 1 aliphatic heterocycles. The second-order valence-electron chi connectivity index (χ2n) is 20.7. The number of hydrogen-bond donors (Lipinski definition) is 0. The first kappa shape index (κ1) is 42.4. The Balaban J connectivity index is 0.875. The van der Waals surface area contributed by atoms with Gasteiger partial charge in [-0.15, -0.1) is 0 Å². The van der Waals surface area contributed by atoms with Crippen molar-refractivity contribution in [1.29, 1.82) is 0 Å². The molecule has 2 heterocycles. The molecule has 14 aromatic rings. The van der Waals surface area contributed by atoms with Crippen LogP contribution in [0.4, 0.5) is 0 Å². The maximum Gasteiger partial charge on any atom is 0.0582 e. The van der Waals surface area contributed by atoms with Crippen LogP contribution in [0.1, 0.15) is 25.0 Å². The Kier molecular flexibility index (Phi) is 9.37. The van der Waals surface area contributed by atoms with Gasteiger partial charge in [0.25, 0.3) is 0 Å². The first-order chi connectivity index (χ1) is 36.5. The Morgan fingerprint density at radius 1 is 0.243 bits per heavy atom. The topological polar surface area (TPSA) is 4.93 Å². The number of para-hydroxylation sites is 1. The third kappa shape index (κ3) is 6.30. The summed E-state index contributed by atoms with van der Waals surface area (Å²) >= 11 is 0. The molecule has 0 unspecified atom stereocenters. The van der Waals surface area contributed by atoms with Crippen LogP contribution in [-0.2, 0) is 5.41 Å². The molecule has 0 spiro atoms. The molecular formula is C73H49N. The normalized spacial score (nSPS) is 12.8. The van der Waals surface area contributed by atoms with E-state index in [0.717, 1.165) is 0 Å². The van der Waals surface area contributed by atoms with Gasteiger partial charge in [0.05, 0.1) is 16.7 Å². The van der Waals surface area contributed by atoms with E-state index in [1.165, 1.54) is 148 Å². The van der Waals surface area contributed by atoms with Crippen LogP contribution in [0.15, 0.2) is 261 Å². The molecule has 346 valence electrons. The van der Waals surface area contributed by atoms with Gasteiger partial charge < -0.3 is 4.57 Å². The van der Waals surface area contributed by atoms with Crippen LogP contribution in [-0.4, -0.2) is 4.57 Å². The first-order valence-corrected chi connectivity index (χ1v) is 25.9. The van der Waals surface area contributed by atoms with E-state index in [0.29, 0.717) is 0 Å². The summed E-state index contributed by atoms with van der Waals surface area (Å²) in [6, 6.07) is 97.1. The monoisotopic (exact) mass is 939 g/mol. The summed E-state index contributed by atoms with van der Waals surface area (Å²) in [6.45, 7) is 4.80. The van der Waals surface area contributed by atoms with Gasteiger partial charge in [0, 0.05) is 16.2 Å². The Labute approximate surface area is 430 Å². The van der Waals surface area contributed by atoms with E-state index < -0.39 is 0 Å². The highest BCUT2D eigenvalue weighted by Crippen LogP contribution is 2.51. The largest absolute Gasteiger partial charge is 0.309 e. The molecule has 1 nitrogen and oxygen atoms in total. The van der Waals surface area contributed by atoms with Gasteiger partial charge in [-0.1, -0.05) is 244 Å². The lowest BCUT2D eigenvalue weighted by molar-refractivity contribution is 0.630. The van der Waals surface area contributed by atoms with Gasteiger partial charge in [0.2, 0.25) is 0 Å². The third-order valence-electron chi connectivity index (χ3n) is 16.4. The van der Waals surface area contributed by atoms with E-state index in [-0.39, 0.29) is 5.41 Å². The zero-order valence-electron chi connectivity index (χ0n) is 41.3. The van der Waals surface area contributed by atoms with Gasteiger partial charge in [0.1, 0.15) is 0 Å². The fraction of sp³-hybridized carbons (Fsp3) is 0.0411. The Bertz CT molecular complexity index is 4460. The van der Waals surface area contributed by atoms with Crippen molar-refractivity contribution in [1.82, 2.24) is 4.57 Å². The standard InChI is InChI=1S/C73H49N/c1-73(2)64-31-17-18-32-67(64)74-66-42-41-52(46-33-37-50(38-34-46)70-58-27-13-9-23-54(58)68(48-19-5-3-6-20-48)55-24-10-14-28-59(55)70)43-62(66)63-44-53(45-65(73)72(63)74)47-35-39-51(40-36-47)71-60-29-15-11-25-56(60)69(49-21-7-4-8-22-49)57-26-12-16-30-61(57)71/h3-45H,1-2H3. The number of rotatable bonds is 6. The predicted molar refractivity (Wildman–Crippen MR) is 316 cm³/mol. The number of fused-ring (bicyclic) bond motifs is 9. The molecule has 0 amide bonds. The van der Waals surface area contributed by atoms with Crippen LogP contribution in [0.3, 0.4) is 0 Å². The number of aromatic nitrogens is 1. The summed E-state index contributed by atoms with van der Waals surface area (Å²) in [5, 5.41) is 12.7. The van der Waals surface area contributed by atoms with Crippen LogP contribution < -0.4 is 0 Å². The molecule has 0 radical (unpaired) electrons. The molecule has 0 aliphatic carbocycles. The zero-order valence-corrected chi connectivity index (χ0v) is 41.3. The van der Waals surface area contributed by atoms with Crippen molar-refractivity contribution in [2.45, 2.75) is 19.3 Å². The lowest BCUT2D eigenvalue weighted by Crippen LogP contribution is -2.26. The minimum absolute atomic E-state index is 0.222. The lowest BCUT2D eigenvalue weighted by Gasteiger charge is -2.35. The second-order valence-corrected chi connectivity index (χ2v) is 20.7. The lowest BCUT2D eigenvalue weighted by atomic mass is 9.74. The van der Waals surface area contributed by atoms with Crippen molar-refractivity contribution in [2.75, 3.05) is 0 Å². The molecule has 15 rings (SSSR count). The Hall–Kier alpha value is -9.30. The smallest absolute Gasteiger partial charge is 0.0582 e. The molecule has 0 N–H and O–H groups in total. The molecule has 1 heteroatoms. The van der Waals surface area contributed by atoms with E-state index in [9.17, 15) is 0 Å². The molecule has 1 aliphatic rings. The van der Waals surface area contributed by atoms with Crippen LogP contribution in [0.5, 0.6) is 0 Å². The maximum atomic E-state index is 2.53. The van der Waals surface area contributed by atoms with Gasteiger partial charge in [0.15, 0.2) is 0 Å². The number of nitrogens with zero attached hydrogens (tertiary/aromatic N) is 1. The number of benzene rings is 13. The van der Waals surface area contributed by atoms with Crippen molar-refractivity contribution in [3.05, 3.63) is 272 Å². The van der Waals surface area contributed by atoms with Crippen molar-refractivity contribution in [2.24, 2.45) is 0 Å². The molecule has 74 heavy (non-hydrogen) atoms. The van der Waals surface area contributed by atoms with Crippen molar-refractivity contribution in [3.8, 4) is 72.4 Å². The van der Waals surface area contributed by atoms with E-state index in [1.807, 2.05) is 0 Å². The van der Waals surface area contributed by atoms with E-state index in [4.69, 9.17) is 0 Å². The van der Waals surface area contributed by atoms with Gasteiger partial charge in [-0.3, -0.25) is 0 Å². The molecule has 13 aromatic carbocycles. The van der Waals surface area contributed by atoms with Crippen LogP contribution in [0.2, 0.25) is 0 Å². The molecule has 0 bridgehead atoms. The summed E-state index contributed by atoms with van der Waals surface area (Å²) in [5.41, 5.74) is 21.1. The Morgan fingerprint density at radius 3 is 1.03 bits per heavy atom. The van der Waals surface area contributed by atoms with E-state index >= 15 is 0 Å². The van der Waals surface area contributed by atoms with Gasteiger partial charge in [-0.2, -0.15) is 0 Å². The van der Waals surface area contributed by atoms with Crippen LogP contribution in [0.25, 0.3) is 137 Å². The maximum absolute atomic E-state index is 2.53. The average molecular weight is 940 g/mol. The highest BCUT2D eigenvalue weighted by molar-refractivity contribution is 6.23. The van der Waals surface area contributed by atoms with Crippen LogP contribution >= 0.6 is 0 Å². The molecule has 0 atom stereocenters. The first-order valence-electron chi connectivity index (χ1n) is 25.9. The van der Waals surface area contributed by atoms with Crippen molar-refractivity contribution in [3.63, 3.8) is 0 Å². The van der Waals surface area contributed by atoms with Crippen molar-refractivity contribution < 1.29 is 0 Å². The van der Waals surface area contributed by atoms with E-state index in [2.05, 4.69) is 279 Å². The quantitative estimate of drug-likeness (QED) is 0.146. The SMILES string of the molecule is CC1(C)c2ccccc2-n2c3ccc(-c4ccc(-c5c6ccccc6c(-c6ccccc6)c6ccccc56)cc4)cc3c3cc(-c4ccc(-c5c6ccccc6c(-c6ccccc6)c6ccccc56)cc4)cc1c32. The molecule has 1 aromatic heterocycles. The van der Waals surface area contributed by atoms with Gasteiger partial charge in [-0.25, -0.2) is 0 Å². The summed E-state index contributed by atoms with van der Waals surface area (Å²) in [6.07, 6.45) is 0. The zero-order chi connectivity index (χ0) is 49.1. The second kappa shape index (κ2) is 16.4. The highest BCUT2D eigenvalue weighted by atomic mass is 15.0. The highest BCUT2D eigenvalue weighted by Gasteiger charge is 2.35. The molecular weight excluding hydrogens is 891 g/mol. The third-order valence-corrected chi connectivity index (χ3v) is 16.4. The molecule has 0 saturated carbocycles. The molecule has 0 fully saturated rings. The fourth-order valence-corrected chi connectivity index (χ4v) is 12.9. The van der Waals surface area contributed by atoms with Gasteiger partial charge >= 0.3 is 0 Å². The van der Waals surface area contributed by atoms with Crippen molar-refractivity contribution >= 4 is 64.9 Å².